The average Bonchev–Trinajstić information content (AvgIpc) is 3.02. The van der Waals surface area contributed by atoms with Crippen molar-refractivity contribution < 1.29 is 17.6 Å². The zero-order chi connectivity index (χ0) is 17.3. The molecule has 0 N–H and O–H groups in total. The average molecular weight is 347 g/mol. The Morgan fingerprint density at radius 1 is 1.25 bits per heavy atom. The minimum absolute atomic E-state index is 0.182. The van der Waals surface area contributed by atoms with E-state index in [2.05, 4.69) is 11.8 Å². The van der Waals surface area contributed by atoms with Crippen LogP contribution in [0.1, 0.15) is 30.3 Å². The third-order valence-electron chi connectivity index (χ3n) is 4.39. The Morgan fingerprint density at radius 2 is 2.04 bits per heavy atom. The molecule has 0 radical (unpaired) electrons. The van der Waals surface area contributed by atoms with E-state index in [-0.39, 0.29) is 10.7 Å². The fourth-order valence-electron chi connectivity index (χ4n) is 3.22. The quantitative estimate of drug-likeness (QED) is 0.793. The second kappa shape index (κ2) is 6.43. The van der Waals surface area contributed by atoms with Crippen LogP contribution in [0, 0.1) is 5.92 Å². The molecule has 1 saturated heterocycles. The van der Waals surface area contributed by atoms with Crippen LogP contribution in [0.3, 0.4) is 0 Å². The zero-order valence-electron chi connectivity index (χ0n) is 13.9. The first-order valence-electron chi connectivity index (χ1n) is 8.03. The monoisotopic (exact) mass is 347 g/mol. The van der Waals surface area contributed by atoms with Gasteiger partial charge in [-0.1, -0.05) is 6.92 Å². The third-order valence-corrected chi connectivity index (χ3v) is 5.55. The van der Waals surface area contributed by atoms with E-state index >= 15 is 0 Å². The number of anilines is 1. The molecular formula is C18H21NO4S. The van der Waals surface area contributed by atoms with E-state index in [1.54, 1.807) is 18.2 Å². The molecule has 24 heavy (non-hydrogen) atoms. The number of sulfone groups is 1. The SMILES string of the molecule is CC1CCCN(c2ccc(S(C)(=O)=O)c(-c3ccc(C=O)o3)c2)C1. The zero-order valence-corrected chi connectivity index (χ0v) is 14.7. The predicted molar refractivity (Wildman–Crippen MR) is 93.3 cm³/mol. The van der Waals surface area contributed by atoms with Crippen LogP contribution < -0.4 is 4.90 Å². The summed E-state index contributed by atoms with van der Waals surface area (Å²) in [7, 11) is -3.40. The Morgan fingerprint density at radius 3 is 2.67 bits per heavy atom. The van der Waals surface area contributed by atoms with Gasteiger partial charge in [0.2, 0.25) is 0 Å². The van der Waals surface area contributed by atoms with Gasteiger partial charge in [-0.3, -0.25) is 4.79 Å². The Hall–Kier alpha value is -2.08. The molecule has 0 bridgehead atoms. The highest BCUT2D eigenvalue weighted by Crippen LogP contribution is 2.34. The number of carbonyl (C=O) groups is 1. The molecule has 1 atom stereocenters. The molecule has 2 aromatic rings. The number of hydrogen-bond acceptors (Lipinski definition) is 5. The minimum atomic E-state index is -3.40. The van der Waals surface area contributed by atoms with E-state index in [0.29, 0.717) is 23.5 Å². The molecular weight excluding hydrogens is 326 g/mol. The fraction of sp³-hybridized carbons (Fsp3) is 0.389. The number of nitrogens with zero attached hydrogens (tertiary/aromatic N) is 1. The van der Waals surface area contributed by atoms with Crippen molar-refractivity contribution in [1.82, 2.24) is 0 Å². The molecule has 1 aliphatic heterocycles. The summed E-state index contributed by atoms with van der Waals surface area (Å²) in [5.74, 6) is 1.19. The molecule has 2 heterocycles. The van der Waals surface area contributed by atoms with E-state index in [1.165, 1.54) is 12.7 Å². The number of piperidine rings is 1. The van der Waals surface area contributed by atoms with E-state index < -0.39 is 9.84 Å². The van der Waals surface area contributed by atoms with E-state index in [1.807, 2.05) is 12.1 Å². The normalized spacial score (nSPS) is 18.6. The molecule has 6 heteroatoms. The summed E-state index contributed by atoms with van der Waals surface area (Å²) in [5.41, 5.74) is 1.48. The van der Waals surface area contributed by atoms with Gasteiger partial charge in [-0.2, -0.15) is 0 Å². The van der Waals surface area contributed by atoms with Crippen molar-refractivity contribution >= 4 is 21.8 Å². The van der Waals surface area contributed by atoms with Crippen LogP contribution in [0.5, 0.6) is 0 Å². The fourth-order valence-corrected chi connectivity index (χ4v) is 4.09. The Balaban J connectivity index is 2.08. The van der Waals surface area contributed by atoms with Gasteiger partial charge in [-0.25, -0.2) is 8.42 Å². The summed E-state index contributed by atoms with van der Waals surface area (Å²) < 4.78 is 29.7. The Labute approximate surface area is 142 Å². The van der Waals surface area contributed by atoms with E-state index in [0.717, 1.165) is 25.2 Å². The van der Waals surface area contributed by atoms with Crippen molar-refractivity contribution in [3.63, 3.8) is 0 Å². The molecule has 0 amide bonds. The van der Waals surface area contributed by atoms with Gasteiger partial charge in [0, 0.05) is 30.6 Å². The van der Waals surface area contributed by atoms with Gasteiger partial charge >= 0.3 is 0 Å². The lowest BCUT2D eigenvalue weighted by atomic mass is 9.99. The number of aldehydes is 1. The van der Waals surface area contributed by atoms with Gasteiger partial charge in [-0.15, -0.1) is 0 Å². The number of carbonyl (C=O) groups excluding carboxylic acids is 1. The van der Waals surface area contributed by atoms with Gasteiger partial charge < -0.3 is 9.32 Å². The molecule has 3 rings (SSSR count). The summed E-state index contributed by atoms with van der Waals surface area (Å²) in [5, 5.41) is 0. The standard InChI is InChI=1S/C18H21NO4S/c1-13-4-3-9-19(11-13)14-5-8-18(24(2,21)22)16(10-14)17-7-6-15(12-20)23-17/h5-8,10,12-13H,3-4,9,11H2,1-2H3. The number of furan rings is 1. The second-order valence-electron chi connectivity index (χ2n) is 6.47. The van der Waals surface area contributed by atoms with E-state index in [4.69, 9.17) is 4.42 Å². The number of rotatable bonds is 4. The Bertz CT molecular complexity index is 854. The van der Waals surface area contributed by atoms with Gasteiger partial charge in [-0.05, 0) is 49.1 Å². The highest BCUT2D eigenvalue weighted by molar-refractivity contribution is 7.90. The molecule has 0 spiro atoms. The third kappa shape index (κ3) is 3.38. The highest BCUT2D eigenvalue weighted by Gasteiger charge is 2.21. The molecule has 5 nitrogen and oxygen atoms in total. The van der Waals surface area contributed by atoms with Crippen molar-refractivity contribution in [2.75, 3.05) is 24.2 Å². The van der Waals surface area contributed by atoms with Crippen LogP contribution in [-0.2, 0) is 9.84 Å². The van der Waals surface area contributed by atoms with Gasteiger partial charge in [0.1, 0.15) is 5.76 Å². The van der Waals surface area contributed by atoms with Crippen molar-refractivity contribution in [3.8, 4) is 11.3 Å². The lowest BCUT2D eigenvalue weighted by molar-refractivity contribution is 0.110. The molecule has 1 aromatic heterocycles. The molecule has 1 aromatic carbocycles. The lowest BCUT2D eigenvalue weighted by Gasteiger charge is -2.33. The first-order valence-corrected chi connectivity index (χ1v) is 9.92. The van der Waals surface area contributed by atoms with Crippen molar-refractivity contribution in [2.45, 2.75) is 24.7 Å². The molecule has 1 fully saturated rings. The maximum Gasteiger partial charge on any atom is 0.185 e. The van der Waals surface area contributed by atoms with Crippen LogP contribution in [0.15, 0.2) is 39.6 Å². The van der Waals surface area contributed by atoms with Crippen LogP contribution in [0.2, 0.25) is 0 Å². The lowest BCUT2D eigenvalue weighted by Crippen LogP contribution is -2.34. The topological polar surface area (TPSA) is 67.6 Å². The smallest absolute Gasteiger partial charge is 0.185 e. The van der Waals surface area contributed by atoms with Crippen LogP contribution in [-0.4, -0.2) is 34.0 Å². The minimum Gasteiger partial charge on any atom is -0.453 e. The molecule has 1 aliphatic rings. The van der Waals surface area contributed by atoms with Gasteiger partial charge in [0.05, 0.1) is 4.90 Å². The van der Waals surface area contributed by atoms with Crippen molar-refractivity contribution in [1.29, 1.82) is 0 Å². The maximum atomic E-state index is 12.1. The molecule has 0 saturated carbocycles. The molecule has 128 valence electrons. The van der Waals surface area contributed by atoms with Gasteiger partial charge in [0.15, 0.2) is 21.9 Å². The first kappa shape index (κ1) is 16.8. The number of benzene rings is 1. The van der Waals surface area contributed by atoms with E-state index in [9.17, 15) is 13.2 Å². The Kier molecular flexibility index (Phi) is 4.49. The summed E-state index contributed by atoms with van der Waals surface area (Å²) in [4.78, 5) is 13.3. The van der Waals surface area contributed by atoms with Crippen LogP contribution in [0.4, 0.5) is 5.69 Å². The largest absolute Gasteiger partial charge is 0.453 e. The molecule has 1 unspecified atom stereocenters. The van der Waals surface area contributed by atoms with Crippen molar-refractivity contribution in [3.05, 3.63) is 36.1 Å². The van der Waals surface area contributed by atoms with Gasteiger partial charge in [0.25, 0.3) is 0 Å². The number of hydrogen-bond donors (Lipinski definition) is 0. The first-order chi connectivity index (χ1) is 11.4. The van der Waals surface area contributed by atoms with Crippen LogP contribution >= 0.6 is 0 Å². The molecule has 0 aliphatic carbocycles. The second-order valence-corrected chi connectivity index (χ2v) is 8.45. The van der Waals surface area contributed by atoms with Crippen molar-refractivity contribution in [2.24, 2.45) is 5.92 Å². The maximum absolute atomic E-state index is 12.1. The predicted octanol–water partition coefficient (Wildman–Crippen LogP) is 3.40. The summed E-state index contributed by atoms with van der Waals surface area (Å²) >= 11 is 0. The highest BCUT2D eigenvalue weighted by atomic mass is 32.2. The van der Waals surface area contributed by atoms with Crippen LogP contribution in [0.25, 0.3) is 11.3 Å². The summed E-state index contributed by atoms with van der Waals surface area (Å²) in [6.07, 6.45) is 4.13. The summed E-state index contributed by atoms with van der Waals surface area (Å²) in [6, 6.07) is 8.51. The summed E-state index contributed by atoms with van der Waals surface area (Å²) in [6.45, 7) is 4.13.